The number of aromatic nitrogens is 1. The molecule has 1 aromatic heterocycles. The number of carbonyl (C=O) groups is 1. The Balaban J connectivity index is 1.71. The third kappa shape index (κ3) is 4.50. The predicted octanol–water partition coefficient (Wildman–Crippen LogP) is 3.77. The molecule has 0 aliphatic heterocycles. The molecule has 5 nitrogen and oxygen atoms in total. The summed E-state index contributed by atoms with van der Waals surface area (Å²) < 4.78 is 11.6. The van der Waals surface area contributed by atoms with Crippen LogP contribution in [0.25, 0.3) is 0 Å². The second kappa shape index (κ2) is 8.51. The minimum absolute atomic E-state index is 0.299. The molecule has 3 rings (SSSR count). The minimum atomic E-state index is 0.299. The number of nitrogens with one attached hydrogen (secondary N) is 1. The number of hydrogen-bond donors (Lipinski definition) is 1. The van der Waals surface area contributed by atoms with Crippen LogP contribution >= 0.6 is 0 Å². The van der Waals surface area contributed by atoms with Gasteiger partial charge in [0.2, 0.25) is 6.41 Å². The highest BCUT2D eigenvalue weighted by molar-refractivity contribution is 5.72. The molecule has 1 aliphatic carbocycles. The number of pyridine rings is 1. The highest BCUT2D eigenvalue weighted by Crippen LogP contribution is 2.32. The standard InChI is InChI=1S/C20H24N2O3/c1-24-19-9-7-15(12-20(19)25-17-4-2-3-5-17)6-8-16-10-11-21-13-18(16)22-14-23/h7,9-14,17H,2-6,8H2,1H3,(H,22,23). The SMILES string of the molecule is COc1ccc(CCc2ccncc2NC=O)cc1OC1CCCC1. The van der Waals surface area contributed by atoms with Crippen molar-refractivity contribution in [3.8, 4) is 11.5 Å². The van der Waals surface area contributed by atoms with Crippen LogP contribution in [0.3, 0.4) is 0 Å². The zero-order valence-electron chi connectivity index (χ0n) is 14.5. The first-order valence-electron chi connectivity index (χ1n) is 8.77. The highest BCUT2D eigenvalue weighted by Gasteiger charge is 2.18. The Morgan fingerprint density at radius 2 is 2.04 bits per heavy atom. The number of amides is 1. The Bertz CT molecular complexity index is 712. The Morgan fingerprint density at radius 1 is 1.20 bits per heavy atom. The van der Waals surface area contributed by atoms with E-state index in [1.165, 1.54) is 18.4 Å². The molecule has 0 radical (unpaired) electrons. The van der Waals surface area contributed by atoms with Gasteiger partial charge in [0.25, 0.3) is 0 Å². The number of anilines is 1. The number of aryl methyl sites for hydroxylation is 2. The third-order valence-corrected chi connectivity index (χ3v) is 4.63. The lowest BCUT2D eigenvalue weighted by Gasteiger charge is -2.17. The summed E-state index contributed by atoms with van der Waals surface area (Å²) >= 11 is 0. The van der Waals surface area contributed by atoms with E-state index in [0.29, 0.717) is 12.5 Å². The van der Waals surface area contributed by atoms with Gasteiger partial charge < -0.3 is 14.8 Å². The molecule has 1 N–H and O–H groups in total. The molecule has 1 fully saturated rings. The lowest BCUT2D eigenvalue weighted by molar-refractivity contribution is -0.105. The van der Waals surface area contributed by atoms with Crippen molar-refractivity contribution in [2.24, 2.45) is 0 Å². The maximum absolute atomic E-state index is 10.7. The van der Waals surface area contributed by atoms with E-state index in [-0.39, 0.29) is 0 Å². The fourth-order valence-electron chi connectivity index (χ4n) is 3.27. The van der Waals surface area contributed by atoms with E-state index in [1.807, 2.05) is 12.1 Å². The zero-order chi connectivity index (χ0) is 17.5. The van der Waals surface area contributed by atoms with Gasteiger partial charge in [0, 0.05) is 6.20 Å². The fourth-order valence-corrected chi connectivity index (χ4v) is 3.27. The molecule has 1 aliphatic rings. The Morgan fingerprint density at radius 3 is 2.80 bits per heavy atom. The molecule has 1 aromatic carbocycles. The summed E-state index contributed by atoms with van der Waals surface area (Å²) in [4.78, 5) is 14.8. The molecule has 1 saturated carbocycles. The van der Waals surface area contributed by atoms with Crippen LogP contribution in [0.1, 0.15) is 36.8 Å². The number of ether oxygens (including phenoxy) is 2. The van der Waals surface area contributed by atoms with E-state index >= 15 is 0 Å². The summed E-state index contributed by atoms with van der Waals surface area (Å²) in [7, 11) is 1.67. The number of nitrogens with zero attached hydrogens (tertiary/aromatic N) is 1. The monoisotopic (exact) mass is 340 g/mol. The van der Waals surface area contributed by atoms with Gasteiger partial charge in [-0.2, -0.15) is 0 Å². The topological polar surface area (TPSA) is 60.5 Å². The minimum Gasteiger partial charge on any atom is -0.493 e. The first-order valence-corrected chi connectivity index (χ1v) is 8.77. The maximum Gasteiger partial charge on any atom is 0.211 e. The van der Waals surface area contributed by atoms with E-state index in [9.17, 15) is 4.79 Å². The van der Waals surface area contributed by atoms with E-state index in [1.54, 1.807) is 19.5 Å². The molecule has 1 heterocycles. The number of methoxy groups -OCH3 is 1. The normalized spacial score (nSPS) is 14.3. The van der Waals surface area contributed by atoms with E-state index in [4.69, 9.17) is 9.47 Å². The Hall–Kier alpha value is -2.56. The molecule has 25 heavy (non-hydrogen) atoms. The smallest absolute Gasteiger partial charge is 0.211 e. The molecule has 0 unspecified atom stereocenters. The van der Waals surface area contributed by atoms with Crippen molar-refractivity contribution in [3.63, 3.8) is 0 Å². The number of hydrogen-bond acceptors (Lipinski definition) is 4. The van der Waals surface area contributed by atoms with Crippen molar-refractivity contribution in [2.75, 3.05) is 12.4 Å². The van der Waals surface area contributed by atoms with Crippen LogP contribution in [0.4, 0.5) is 5.69 Å². The molecule has 0 saturated heterocycles. The van der Waals surface area contributed by atoms with Gasteiger partial charge in [0.15, 0.2) is 11.5 Å². The van der Waals surface area contributed by atoms with Crippen molar-refractivity contribution in [2.45, 2.75) is 44.6 Å². The number of carbonyl (C=O) groups excluding carboxylic acids is 1. The average Bonchev–Trinajstić information content (AvgIpc) is 3.14. The van der Waals surface area contributed by atoms with Gasteiger partial charge in [-0.05, 0) is 67.9 Å². The molecule has 0 bridgehead atoms. The number of benzene rings is 1. The van der Waals surface area contributed by atoms with Gasteiger partial charge in [-0.1, -0.05) is 6.07 Å². The predicted molar refractivity (Wildman–Crippen MR) is 97.2 cm³/mol. The summed E-state index contributed by atoms with van der Waals surface area (Å²) in [5, 5.41) is 2.70. The summed E-state index contributed by atoms with van der Waals surface area (Å²) in [6.45, 7) is 0. The Kier molecular flexibility index (Phi) is 5.88. The summed E-state index contributed by atoms with van der Waals surface area (Å²) in [5.41, 5.74) is 3.01. The maximum atomic E-state index is 10.7. The van der Waals surface area contributed by atoms with Gasteiger partial charge in [-0.3, -0.25) is 9.78 Å². The van der Waals surface area contributed by atoms with Crippen LogP contribution in [0.2, 0.25) is 0 Å². The van der Waals surface area contributed by atoms with Gasteiger partial charge in [0.05, 0.1) is 25.1 Å². The molecular weight excluding hydrogens is 316 g/mol. The number of rotatable bonds is 8. The van der Waals surface area contributed by atoms with Crippen LogP contribution in [0.5, 0.6) is 11.5 Å². The van der Waals surface area contributed by atoms with Crippen LogP contribution in [0.15, 0.2) is 36.7 Å². The van der Waals surface area contributed by atoms with Gasteiger partial charge in [-0.25, -0.2) is 0 Å². The second-order valence-electron chi connectivity index (χ2n) is 6.30. The van der Waals surface area contributed by atoms with Crippen molar-refractivity contribution >= 4 is 12.1 Å². The largest absolute Gasteiger partial charge is 0.493 e. The van der Waals surface area contributed by atoms with Crippen molar-refractivity contribution in [3.05, 3.63) is 47.8 Å². The molecule has 2 aromatic rings. The quantitative estimate of drug-likeness (QED) is 0.743. The third-order valence-electron chi connectivity index (χ3n) is 4.63. The summed E-state index contributed by atoms with van der Waals surface area (Å²) in [6.07, 6.45) is 10.8. The van der Waals surface area contributed by atoms with Crippen LogP contribution in [-0.2, 0) is 17.6 Å². The van der Waals surface area contributed by atoms with Crippen molar-refractivity contribution in [1.29, 1.82) is 0 Å². The zero-order valence-corrected chi connectivity index (χ0v) is 14.5. The molecule has 0 spiro atoms. The van der Waals surface area contributed by atoms with Gasteiger partial charge in [-0.15, -0.1) is 0 Å². The molecule has 5 heteroatoms. The molecule has 132 valence electrons. The van der Waals surface area contributed by atoms with Crippen LogP contribution < -0.4 is 14.8 Å². The van der Waals surface area contributed by atoms with Crippen molar-refractivity contribution in [1.82, 2.24) is 4.98 Å². The van der Waals surface area contributed by atoms with Crippen molar-refractivity contribution < 1.29 is 14.3 Å². The summed E-state index contributed by atoms with van der Waals surface area (Å²) in [5.74, 6) is 1.61. The first kappa shape index (κ1) is 17.3. The van der Waals surface area contributed by atoms with Gasteiger partial charge >= 0.3 is 0 Å². The van der Waals surface area contributed by atoms with Crippen LogP contribution in [-0.4, -0.2) is 24.6 Å². The molecular formula is C20H24N2O3. The first-order chi connectivity index (χ1) is 12.3. The second-order valence-corrected chi connectivity index (χ2v) is 6.30. The van der Waals surface area contributed by atoms with Crippen LogP contribution in [0, 0.1) is 0 Å². The Labute approximate surface area is 148 Å². The average molecular weight is 340 g/mol. The highest BCUT2D eigenvalue weighted by atomic mass is 16.5. The summed E-state index contributed by atoms with van der Waals surface area (Å²) in [6, 6.07) is 8.04. The van der Waals surface area contributed by atoms with Gasteiger partial charge in [0.1, 0.15) is 0 Å². The lowest BCUT2D eigenvalue weighted by Crippen LogP contribution is -2.11. The lowest BCUT2D eigenvalue weighted by atomic mass is 10.0. The van der Waals surface area contributed by atoms with E-state index in [2.05, 4.69) is 22.4 Å². The molecule has 1 amide bonds. The van der Waals surface area contributed by atoms with E-state index < -0.39 is 0 Å². The molecule has 0 atom stereocenters. The van der Waals surface area contributed by atoms with E-state index in [0.717, 1.165) is 48.4 Å². The fraction of sp³-hybridized carbons (Fsp3) is 0.400.